The molecule has 0 atom stereocenters. The van der Waals surface area contributed by atoms with Crippen molar-refractivity contribution in [1.82, 2.24) is 4.90 Å². The molecule has 0 aliphatic carbocycles. The molecule has 0 aromatic heterocycles. The molecule has 0 saturated carbocycles. The highest BCUT2D eigenvalue weighted by Crippen LogP contribution is 2.36. The third-order valence-corrected chi connectivity index (χ3v) is 6.22. The van der Waals surface area contributed by atoms with Gasteiger partial charge in [-0.3, -0.25) is 15.0 Å². The third kappa shape index (κ3) is 5.47. The molecule has 9 heteroatoms. The number of nitro groups is 1. The molecular weight excluding hydrogens is 429 g/mol. The second-order valence-corrected chi connectivity index (χ2v) is 8.24. The summed E-state index contributed by atoms with van der Waals surface area (Å²) in [6.07, 6.45) is 3.50. The number of phenolic OH excluding ortho intramolecular Hbond substituents is 2. The Morgan fingerprint density at radius 3 is 2.47 bits per heavy atom. The van der Waals surface area contributed by atoms with Crippen molar-refractivity contribution in [1.29, 1.82) is 0 Å². The minimum Gasteiger partial charge on any atom is -0.504 e. The number of halogens is 2. The number of hydrogen-bond donors (Lipinski definition) is 2. The van der Waals surface area contributed by atoms with E-state index < -0.39 is 22.1 Å². The summed E-state index contributed by atoms with van der Waals surface area (Å²) in [5, 5.41) is 31.3. The lowest BCUT2D eigenvalue weighted by molar-refractivity contribution is -0.386. The van der Waals surface area contributed by atoms with E-state index in [1.807, 2.05) is 12.1 Å². The number of piperazine rings is 1. The highest BCUT2D eigenvalue weighted by Gasteiger charge is 2.20. The number of phenols is 2. The number of aromatic hydroxyl groups is 2. The van der Waals surface area contributed by atoms with E-state index in [4.69, 9.17) is 23.2 Å². The zero-order chi connectivity index (χ0) is 21.7. The van der Waals surface area contributed by atoms with Crippen molar-refractivity contribution in [2.24, 2.45) is 0 Å². The minimum atomic E-state index is -0.686. The topological polar surface area (TPSA) is 90.1 Å². The Kier molecular flexibility index (Phi) is 7.64. The van der Waals surface area contributed by atoms with Gasteiger partial charge in [0.05, 0.1) is 20.7 Å². The fourth-order valence-corrected chi connectivity index (χ4v) is 4.15. The van der Waals surface area contributed by atoms with E-state index in [2.05, 4.69) is 9.80 Å². The molecular formula is C21H25Cl2N3O4. The molecule has 1 aliphatic rings. The normalized spacial score (nSPS) is 14.8. The summed E-state index contributed by atoms with van der Waals surface area (Å²) >= 11 is 12.4. The first-order chi connectivity index (χ1) is 14.4. The average molecular weight is 454 g/mol. The molecule has 0 bridgehead atoms. The van der Waals surface area contributed by atoms with Crippen LogP contribution in [0.5, 0.6) is 11.5 Å². The number of benzene rings is 2. The molecule has 0 spiro atoms. The van der Waals surface area contributed by atoms with Crippen LogP contribution in [0.25, 0.3) is 0 Å². The molecule has 30 heavy (non-hydrogen) atoms. The standard InChI is InChI=1S/C21H25Cl2N3O4/c22-16-6-4-7-17(20(16)23)25-11-9-24(10-12-25)8-3-1-2-5-15-13-18(26(29)30)21(28)19(27)14-15/h4,6-7,13-14,27-28H,1-3,5,8-12H2. The summed E-state index contributed by atoms with van der Waals surface area (Å²) in [6.45, 7) is 4.72. The van der Waals surface area contributed by atoms with E-state index >= 15 is 0 Å². The number of rotatable bonds is 8. The van der Waals surface area contributed by atoms with Gasteiger partial charge in [0.1, 0.15) is 0 Å². The average Bonchev–Trinajstić information content (AvgIpc) is 2.72. The highest BCUT2D eigenvalue weighted by atomic mass is 35.5. The first-order valence-corrected chi connectivity index (χ1v) is 10.7. The molecule has 7 nitrogen and oxygen atoms in total. The van der Waals surface area contributed by atoms with Gasteiger partial charge in [-0.15, -0.1) is 0 Å². The Bertz CT molecular complexity index is 902. The van der Waals surface area contributed by atoms with Crippen molar-refractivity contribution >= 4 is 34.6 Å². The second-order valence-electron chi connectivity index (χ2n) is 7.45. The summed E-state index contributed by atoms with van der Waals surface area (Å²) in [4.78, 5) is 14.9. The lowest BCUT2D eigenvalue weighted by Gasteiger charge is -2.36. The molecule has 2 aromatic rings. The van der Waals surface area contributed by atoms with Crippen molar-refractivity contribution in [2.75, 3.05) is 37.6 Å². The Hall–Kier alpha value is -2.22. The number of nitro benzene ring substituents is 1. The number of nitrogens with zero attached hydrogens (tertiary/aromatic N) is 3. The molecule has 0 amide bonds. The van der Waals surface area contributed by atoms with Gasteiger partial charge in [0.25, 0.3) is 0 Å². The monoisotopic (exact) mass is 453 g/mol. The molecule has 0 unspecified atom stereocenters. The zero-order valence-corrected chi connectivity index (χ0v) is 18.1. The van der Waals surface area contributed by atoms with Crippen LogP contribution in [0.15, 0.2) is 30.3 Å². The van der Waals surface area contributed by atoms with Crippen LogP contribution < -0.4 is 4.90 Å². The summed E-state index contributed by atoms with van der Waals surface area (Å²) in [6, 6.07) is 8.42. The fraction of sp³-hybridized carbons (Fsp3) is 0.429. The van der Waals surface area contributed by atoms with Crippen LogP contribution in [-0.2, 0) is 6.42 Å². The molecule has 1 aliphatic heterocycles. The predicted molar refractivity (Wildman–Crippen MR) is 119 cm³/mol. The molecule has 2 N–H and O–H groups in total. The minimum absolute atomic E-state index is 0.447. The largest absolute Gasteiger partial charge is 0.504 e. The molecule has 1 heterocycles. The molecule has 0 radical (unpaired) electrons. The maximum absolute atomic E-state index is 10.9. The van der Waals surface area contributed by atoms with Gasteiger partial charge in [0.2, 0.25) is 5.75 Å². The highest BCUT2D eigenvalue weighted by molar-refractivity contribution is 6.43. The molecule has 162 valence electrons. The summed E-state index contributed by atoms with van der Waals surface area (Å²) in [5.41, 5.74) is 1.18. The van der Waals surface area contributed by atoms with Crippen LogP contribution in [0, 0.1) is 10.1 Å². The SMILES string of the molecule is O=[N+]([O-])c1cc(CCCCCN2CCN(c3cccc(Cl)c3Cl)CC2)cc(O)c1O. The van der Waals surface area contributed by atoms with E-state index in [9.17, 15) is 20.3 Å². The Morgan fingerprint density at radius 2 is 1.77 bits per heavy atom. The lowest BCUT2D eigenvalue weighted by Crippen LogP contribution is -2.46. The molecule has 1 saturated heterocycles. The quantitative estimate of drug-likeness (QED) is 0.257. The van der Waals surface area contributed by atoms with Crippen LogP contribution in [-0.4, -0.2) is 52.8 Å². The zero-order valence-electron chi connectivity index (χ0n) is 16.6. The van der Waals surface area contributed by atoms with Crippen molar-refractivity contribution in [3.8, 4) is 11.5 Å². The Balaban J connectivity index is 1.39. The van der Waals surface area contributed by atoms with E-state index in [1.54, 1.807) is 6.07 Å². The van der Waals surface area contributed by atoms with E-state index in [-0.39, 0.29) is 0 Å². The lowest BCUT2D eigenvalue weighted by atomic mass is 10.1. The number of unbranched alkanes of at least 4 members (excludes halogenated alkanes) is 2. The first-order valence-electron chi connectivity index (χ1n) is 9.97. The second kappa shape index (κ2) is 10.2. The van der Waals surface area contributed by atoms with E-state index in [0.29, 0.717) is 22.0 Å². The van der Waals surface area contributed by atoms with Gasteiger partial charge < -0.3 is 15.1 Å². The van der Waals surface area contributed by atoms with Gasteiger partial charge in [-0.1, -0.05) is 35.7 Å². The van der Waals surface area contributed by atoms with Gasteiger partial charge in [-0.25, -0.2) is 0 Å². The van der Waals surface area contributed by atoms with Crippen LogP contribution in [0.2, 0.25) is 10.0 Å². The Labute approximate surface area is 185 Å². The first kappa shape index (κ1) is 22.5. The van der Waals surface area contributed by atoms with Gasteiger partial charge in [-0.2, -0.15) is 0 Å². The number of hydrogen-bond acceptors (Lipinski definition) is 6. The van der Waals surface area contributed by atoms with Crippen molar-refractivity contribution in [2.45, 2.75) is 25.7 Å². The van der Waals surface area contributed by atoms with Crippen LogP contribution in [0.4, 0.5) is 11.4 Å². The van der Waals surface area contributed by atoms with Gasteiger partial charge in [-0.05, 0) is 49.6 Å². The summed E-state index contributed by atoms with van der Waals surface area (Å²) < 4.78 is 0. The smallest absolute Gasteiger partial charge is 0.314 e. The van der Waals surface area contributed by atoms with Crippen LogP contribution >= 0.6 is 23.2 Å². The van der Waals surface area contributed by atoms with Gasteiger partial charge in [0.15, 0.2) is 5.75 Å². The summed E-state index contributed by atoms with van der Waals surface area (Å²) in [7, 11) is 0. The van der Waals surface area contributed by atoms with Gasteiger partial charge in [0, 0.05) is 32.2 Å². The third-order valence-electron chi connectivity index (χ3n) is 5.41. The molecule has 1 fully saturated rings. The Morgan fingerprint density at radius 1 is 1.03 bits per heavy atom. The molecule has 2 aromatic carbocycles. The maximum Gasteiger partial charge on any atom is 0.314 e. The van der Waals surface area contributed by atoms with Crippen molar-refractivity contribution in [3.05, 3.63) is 56.1 Å². The number of aryl methyl sites for hydroxylation is 1. The van der Waals surface area contributed by atoms with E-state index in [0.717, 1.165) is 57.7 Å². The van der Waals surface area contributed by atoms with Gasteiger partial charge >= 0.3 is 5.69 Å². The number of anilines is 1. The van der Waals surface area contributed by atoms with E-state index in [1.165, 1.54) is 12.1 Å². The fourth-order valence-electron chi connectivity index (χ4n) is 3.73. The predicted octanol–water partition coefficient (Wildman–Crippen LogP) is 4.85. The summed E-state index contributed by atoms with van der Waals surface area (Å²) in [5.74, 6) is -1.13. The van der Waals surface area contributed by atoms with Crippen LogP contribution in [0.1, 0.15) is 24.8 Å². The van der Waals surface area contributed by atoms with Crippen molar-refractivity contribution < 1.29 is 15.1 Å². The maximum atomic E-state index is 10.9. The van der Waals surface area contributed by atoms with Crippen LogP contribution in [0.3, 0.4) is 0 Å². The van der Waals surface area contributed by atoms with Crippen molar-refractivity contribution in [3.63, 3.8) is 0 Å². The molecule has 3 rings (SSSR count).